The van der Waals surface area contributed by atoms with Crippen LogP contribution in [0.1, 0.15) is 112 Å². The number of rotatable bonds is 18. The molecule has 6 nitrogen and oxygen atoms in total. The molecule has 0 spiro atoms. The number of unbranched alkanes of at least 4 members (excludes halogenated alkanes) is 5. The second-order valence-electron chi connectivity index (χ2n) is 14.9. The summed E-state index contributed by atoms with van der Waals surface area (Å²) in [5.74, 6) is -0.195. The zero-order valence-corrected chi connectivity index (χ0v) is 30.7. The summed E-state index contributed by atoms with van der Waals surface area (Å²) < 4.78 is 17.7. The minimum atomic E-state index is -1.65. The number of Topliss-reactive ketones (excluding diaryl/α,β-unsaturated/α-hetero) is 1. The average molecular weight is 613 g/mol. The summed E-state index contributed by atoms with van der Waals surface area (Å²) in [6.07, 6.45) is 13.0. The molecule has 1 rings (SSSR count). The molecule has 8 heteroatoms. The predicted molar refractivity (Wildman–Crippen MR) is 175 cm³/mol. The monoisotopic (exact) mass is 612 g/mol. The van der Waals surface area contributed by atoms with E-state index in [-0.39, 0.29) is 34.4 Å². The van der Waals surface area contributed by atoms with Crippen molar-refractivity contribution in [1.29, 1.82) is 0 Å². The highest BCUT2D eigenvalue weighted by atomic mass is 28.3. The van der Waals surface area contributed by atoms with Crippen LogP contribution in [0.2, 0.25) is 26.2 Å². The SMILES string of the molecule is COC(=O)CCCCCC(O)C1(O[SiH](C)C)C(=O)CC(C(C)(C)C)C1C=CCCCCCC(O[SiH](C)C)C(C)(C)C. The molecule has 1 fully saturated rings. The number of esters is 1. The first-order valence-electron chi connectivity index (χ1n) is 16.2. The third-order valence-corrected chi connectivity index (χ3v) is 10.2. The van der Waals surface area contributed by atoms with Gasteiger partial charge in [0.1, 0.15) is 5.60 Å². The highest BCUT2D eigenvalue weighted by Crippen LogP contribution is 2.51. The number of aliphatic hydroxyl groups is 1. The molecule has 0 heterocycles. The highest BCUT2D eigenvalue weighted by Gasteiger charge is 2.60. The van der Waals surface area contributed by atoms with E-state index in [0.717, 1.165) is 51.4 Å². The summed E-state index contributed by atoms with van der Waals surface area (Å²) in [6, 6.07) is 0. The molecule has 0 bridgehead atoms. The fraction of sp³-hybridized carbons (Fsp3) is 0.879. The summed E-state index contributed by atoms with van der Waals surface area (Å²) >= 11 is 0. The summed E-state index contributed by atoms with van der Waals surface area (Å²) in [7, 11) is -1.32. The van der Waals surface area contributed by atoms with Crippen molar-refractivity contribution in [2.75, 3.05) is 7.11 Å². The van der Waals surface area contributed by atoms with E-state index in [2.05, 4.69) is 79.9 Å². The number of carbonyl (C=O) groups is 2. The first kappa shape index (κ1) is 38.2. The minimum absolute atomic E-state index is 0.0530. The second kappa shape index (κ2) is 17.5. The van der Waals surface area contributed by atoms with E-state index in [0.29, 0.717) is 25.4 Å². The number of ketones is 1. The van der Waals surface area contributed by atoms with E-state index in [1.165, 1.54) is 7.11 Å². The van der Waals surface area contributed by atoms with Gasteiger partial charge >= 0.3 is 5.97 Å². The van der Waals surface area contributed by atoms with Crippen molar-refractivity contribution in [3.05, 3.63) is 12.2 Å². The van der Waals surface area contributed by atoms with Crippen molar-refractivity contribution < 1.29 is 28.3 Å². The van der Waals surface area contributed by atoms with Gasteiger partial charge in [0.05, 0.1) is 13.2 Å². The van der Waals surface area contributed by atoms with Crippen LogP contribution >= 0.6 is 0 Å². The van der Waals surface area contributed by atoms with Crippen molar-refractivity contribution in [1.82, 2.24) is 0 Å². The Morgan fingerprint density at radius 3 is 2.12 bits per heavy atom. The number of ether oxygens (including phenoxy) is 1. The van der Waals surface area contributed by atoms with E-state index in [1.807, 2.05) is 0 Å². The van der Waals surface area contributed by atoms with Crippen molar-refractivity contribution in [3.63, 3.8) is 0 Å². The van der Waals surface area contributed by atoms with Gasteiger partial charge in [0.25, 0.3) is 0 Å². The van der Waals surface area contributed by atoms with Gasteiger partial charge in [-0.2, -0.15) is 0 Å². The maximum Gasteiger partial charge on any atom is 0.305 e. The van der Waals surface area contributed by atoms with Crippen LogP contribution in [0.25, 0.3) is 0 Å². The first-order valence-corrected chi connectivity index (χ1v) is 21.8. The largest absolute Gasteiger partial charge is 0.469 e. The third kappa shape index (κ3) is 12.4. The zero-order valence-electron chi connectivity index (χ0n) is 28.4. The third-order valence-electron chi connectivity index (χ3n) is 8.48. The molecular formula is C33H64O6Si2. The van der Waals surface area contributed by atoms with E-state index in [1.54, 1.807) is 0 Å². The van der Waals surface area contributed by atoms with Gasteiger partial charge < -0.3 is 18.7 Å². The smallest absolute Gasteiger partial charge is 0.305 e. The Morgan fingerprint density at radius 1 is 0.976 bits per heavy atom. The van der Waals surface area contributed by atoms with Crippen LogP contribution in [-0.4, -0.2) is 59.9 Å². The average Bonchev–Trinajstić information content (AvgIpc) is 3.13. The number of methoxy groups -OCH3 is 1. The zero-order chi connectivity index (χ0) is 31.4. The quantitative estimate of drug-likeness (QED) is 0.0753. The molecule has 1 aliphatic carbocycles. The van der Waals surface area contributed by atoms with Gasteiger partial charge in [0.2, 0.25) is 0 Å². The lowest BCUT2D eigenvalue weighted by Gasteiger charge is -2.42. The molecule has 0 amide bonds. The van der Waals surface area contributed by atoms with Crippen LogP contribution < -0.4 is 0 Å². The maximum atomic E-state index is 13.8. The van der Waals surface area contributed by atoms with Crippen molar-refractivity contribution in [2.24, 2.45) is 22.7 Å². The Labute approximate surface area is 255 Å². The van der Waals surface area contributed by atoms with Crippen LogP contribution in [-0.2, 0) is 23.2 Å². The van der Waals surface area contributed by atoms with Gasteiger partial charge in [0, 0.05) is 24.9 Å². The molecule has 5 unspecified atom stereocenters. The molecule has 0 aromatic carbocycles. The Kier molecular flexibility index (Phi) is 16.3. The number of hydrogen-bond acceptors (Lipinski definition) is 6. The lowest BCUT2D eigenvalue weighted by Crippen LogP contribution is -2.56. The molecule has 1 N–H and O–H groups in total. The number of hydrogen-bond donors (Lipinski definition) is 1. The fourth-order valence-electron chi connectivity index (χ4n) is 6.26. The normalized spacial score (nSPS) is 23.6. The Balaban J connectivity index is 2.96. The summed E-state index contributed by atoms with van der Waals surface area (Å²) in [6.45, 7) is 22.1. The molecule has 1 aliphatic rings. The van der Waals surface area contributed by atoms with Gasteiger partial charge in [-0.25, -0.2) is 0 Å². The molecular weight excluding hydrogens is 549 g/mol. The Morgan fingerprint density at radius 2 is 1.59 bits per heavy atom. The van der Waals surface area contributed by atoms with E-state index in [9.17, 15) is 14.7 Å². The summed E-state index contributed by atoms with van der Waals surface area (Å²) in [5, 5.41) is 11.6. The van der Waals surface area contributed by atoms with Gasteiger partial charge in [0.15, 0.2) is 23.9 Å². The predicted octanol–water partition coefficient (Wildman–Crippen LogP) is 7.38. The standard InChI is InChI=1S/C33H64O6Si2/c1-31(2,3)26-24-28(35)33(39-41(10)11,27(34)21-17-15-19-23-30(36)37-7)25(26)20-16-13-12-14-18-22-29(32(4,5)6)38-40(8)9/h16,20,25-27,29,34,40-41H,12-15,17-19,21-24H2,1-11H3. The molecule has 1 saturated carbocycles. The van der Waals surface area contributed by atoms with E-state index in [4.69, 9.17) is 13.6 Å². The first-order chi connectivity index (χ1) is 19.0. The molecule has 0 aromatic rings. The summed E-state index contributed by atoms with van der Waals surface area (Å²) in [4.78, 5) is 25.2. The van der Waals surface area contributed by atoms with E-state index >= 15 is 0 Å². The molecule has 5 atom stereocenters. The highest BCUT2D eigenvalue weighted by molar-refractivity contribution is 6.49. The minimum Gasteiger partial charge on any atom is -0.469 e. The van der Waals surface area contributed by atoms with Gasteiger partial charge in [-0.05, 0) is 75.0 Å². The topological polar surface area (TPSA) is 82.1 Å². The van der Waals surface area contributed by atoms with Crippen molar-refractivity contribution in [2.45, 2.75) is 156 Å². The van der Waals surface area contributed by atoms with Crippen molar-refractivity contribution in [3.8, 4) is 0 Å². The second-order valence-corrected chi connectivity index (χ2v) is 19.6. The molecule has 41 heavy (non-hydrogen) atoms. The van der Waals surface area contributed by atoms with E-state index < -0.39 is 29.8 Å². The van der Waals surface area contributed by atoms with Crippen LogP contribution in [0, 0.1) is 22.7 Å². The van der Waals surface area contributed by atoms with Crippen LogP contribution in [0.15, 0.2) is 12.2 Å². The van der Waals surface area contributed by atoms with Gasteiger partial charge in [-0.3, -0.25) is 9.59 Å². The van der Waals surface area contributed by atoms with Crippen LogP contribution in [0.4, 0.5) is 0 Å². The Bertz CT molecular complexity index is 814. The number of allylic oxidation sites excluding steroid dienone is 1. The fourth-order valence-corrected chi connectivity index (χ4v) is 8.69. The lowest BCUT2D eigenvalue weighted by molar-refractivity contribution is -0.146. The van der Waals surface area contributed by atoms with Crippen molar-refractivity contribution >= 4 is 29.8 Å². The number of carbonyl (C=O) groups excluding carboxylic acids is 2. The maximum absolute atomic E-state index is 13.8. The van der Waals surface area contributed by atoms with Gasteiger partial charge in [-0.1, -0.05) is 79.4 Å². The molecule has 240 valence electrons. The van der Waals surface area contributed by atoms with Crippen LogP contribution in [0.5, 0.6) is 0 Å². The van der Waals surface area contributed by atoms with Crippen LogP contribution in [0.3, 0.4) is 0 Å². The number of aliphatic hydroxyl groups excluding tert-OH is 1. The summed E-state index contributed by atoms with van der Waals surface area (Å²) in [5.41, 5.74) is -1.09. The lowest BCUT2D eigenvalue weighted by atomic mass is 9.70. The molecule has 0 aromatic heterocycles. The molecule has 0 radical (unpaired) electrons. The van der Waals surface area contributed by atoms with Gasteiger partial charge in [-0.15, -0.1) is 0 Å². The Hall–Kier alpha value is -0.806. The molecule has 0 aliphatic heterocycles. The molecule has 0 saturated heterocycles.